The van der Waals surface area contributed by atoms with Gasteiger partial charge in [0.2, 0.25) is 5.54 Å². The van der Waals surface area contributed by atoms with Crippen molar-refractivity contribution in [3.63, 3.8) is 0 Å². The van der Waals surface area contributed by atoms with Gasteiger partial charge in [0.1, 0.15) is 0 Å². The Hall–Kier alpha value is -3.41. The molecule has 1 atom stereocenters. The maximum Gasteiger partial charge on any atom is 0.416 e. The van der Waals surface area contributed by atoms with Crippen molar-refractivity contribution >= 4 is 23.9 Å². The molecule has 0 aromatic heterocycles. The molecule has 1 unspecified atom stereocenters. The number of ether oxygens (including phenoxy) is 4. The highest BCUT2D eigenvalue weighted by molar-refractivity contribution is 6.20. The summed E-state index contributed by atoms with van der Waals surface area (Å²) in [6, 6.07) is 2.21. The molecular formula is C23H26F3NO8. The molecule has 0 saturated carbocycles. The number of esters is 4. The first-order chi connectivity index (χ1) is 16.5. The van der Waals surface area contributed by atoms with E-state index in [1.807, 2.05) is 0 Å². The maximum atomic E-state index is 13.2. The molecule has 1 aliphatic rings. The summed E-state index contributed by atoms with van der Waals surface area (Å²) in [5, 5.41) is 2.62. The van der Waals surface area contributed by atoms with Crippen LogP contribution in [0.25, 0.3) is 0 Å². The van der Waals surface area contributed by atoms with E-state index < -0.39 is 58.3 Å². The van der Waals surface area contributed by atoms with Gasteiger partial charge in [0.25, 0.3) is 0 Å². The van der Waals surface area contributed by atoms with Crippen molar-refractivity contribution in [2.45, 2.75) is 45.5 Å². The predicted octanol–water partition coefficient (Wildman–Crippen LogP) is 2.64. The molecule has 0 fully saturated rings. The number of carbonyl (C=O) groups excluding carboxylic acids is 4. The standard InChI is InChI=1S/C23H26F3NO8/c1-5-32-18(28)15-16(19(29)33-6-2)22(20(30)34-7-3,21(31)35-8-4)27-17(15)13-9-11-14(12-10-13)23(24,25)26/h9-12,17,27H,5-8H2,1-4H3. The lowest BCUT2D eigenvalue weighted by Crippen LogP contribution is -2.60. The first kappa shape index (κ1) is 27.8. The van der Waals surface area contributed by atoms with Crippen molar-refractivity contribution in [2.75, 3.05) is 26.4 Å². The molecular weight excluding hydrogens is 475 g/mol. The third-order valence-corrected chi connectivity index (χ3v) is 5.00. The lowest BCUT2D eigenvalue weighted by atomic mass is 9.88. The van der Waals surface area contributed by atoms with Crippen LogP contribution in [0, 0.1) is 0 Å². The Labute approximate surface area is 199 Å². The minimum atomic E-state index is -4.63. The summed E-state index contributed by atoms with van der Waals surface area (Å²) >= 11 is 0. The van der Waals surface area contributed by atoms with Gasteiger partial charge in [0, 0.05) is 0 Å². The number of rotatable bonds is 9. The molecule has 2 rings (SSSR count). The second-order valence-electron chi connectivity index (χ2n) is 7.12. The van der Waals surface area contributed by atoms with Gasteiger partial charge < -0.3 is 18.9 Å². The fourth-order valence-corrected chi connectivity index (χ4v) is 3.60. The van der Waals surface area contributed by atoms with Crippen LogP contribution in [-0.2, 0) is 44.3 Å². The summed E-state index contributed by atoms with van der Waals surface area (Å²) in [5.74, 6) is -4.78. The van der Waals surface area contributed by atoms with Crippen molar-refractivity contribution in [3.05, 3.63) is 46.5 Å². The molecule has 0 aliphatic carbocycles. The fourth-order valence-electron chi connectivity index (χ4n) is 3.60. The highest BCUT2D eigenvalue weighted by Crippen LogP contribution is 2.42. The van der Waals surface area contributed by atoms with E-state index in [-0.39, 0.29) is 32.0 Å². The minimum Gasteiger partial charge on any atom is -0.464 e. The third-order valence-electron chi connectivity index (χ3n) is 5.00. The van der Waals surface area contributed by atoms with Crippen molar-refractivity contribution in [1.82, 2.24) is 5.32 Å². The van der Waals surface area contributed by atoms with E-state index in [1.54, 1.807) is 0 Å². The van der Waals surface area contributed by atoms with Gasteiger partial charge in [-0.15, -0.1) is 0 Å². The van der Waals surface area contributed by atoms with Gasteiger partial charge in [-0.2, -0.15) is 13.2 Å². The van der Waals surface area contributed by atoms with Crippen LogP contribution >= 0.6 is 0 Å². The second kappa shape index (κ2) is 11.3. The van der Waals surface area contributed by atoms with Gasteiger partial charge in [-0.1, -0.05) is 12.1 Å². The van der Waals surface area contributed by atoms with Crippen LogP contribution in [0.3, 0.4) is 0 Å². The van der Waals surface area contributed by atoms with Gasteiger partial charge >= 0.3 is 30.1 Å². The molecule has 0 saturated heterocycles. The Morgan fingerprint density at radius 3 is 1.69 bits per heavy atom. The summed E-state index contributed by atoms with van der Waals surface area (Å²) < 4.78 is 59.4. The number of halogens is 3. The number of alkyl halides is 3. The monoisotopic (exact) mass is 501 g/mol. The summed E-state index contributed by atoms with van der Waals surface area (Å²) in [4.78, 5) is 52.4. The Morgan fingerprint density at radius 2 is 1.26 bits per heavy atom. The largest absolute Gasteiger partial charge is 0.464 e. The fraction of sp³-hybridized carbons (Fsp3) is 0.478. The zero-order valence-electron chi connectivity index (χ0n) is 19.6. The number of carbonyl (C=O) groups is 4. The molecule has 1 aromatic rings. The molecule has 0 bridgehead atoms. The molecule has 1 heterocycles. The first-order valence-corrected chi connectivity index (χ1v) is 10.9. The van der Waals surface area contributed by atoms with E-state index in [2.05, 4.69) is 5.32 Å². The summed E-state index contributed by atoms with van der Waals surface area (Å²) in [7, 11) is 0. The highest BCUT2D eigenvalue weighted by atomic mass is 19.4. The molecule has 9 nitrogen and oxygen atoms in total. The van der Waals surface area contributed by atoms with Crippen LogP contribution in [0.1, 0.15) is 44.9 Å². The Morgan fingerprint density at radius 1 is 0.800 bits per heavy atom. The van der Waals surface area contributed by atoms with E-state index in [9.17, 15) is 32.3 Å². The number of hydrogen-bond acceptors (Lipinski definition) is 9. The lowest BCUT2D eigenvalue weighted by Gasteiger charge is -2.28. The van der Waals surface area contributed by atoms with Crippen LogP contribution in [0.4, 0.5) is 13.2 Å². The Bertz CT molecular complexity index is 983. The summed E-state index contributed by atoms with van der Waals surface area (Å²) in [6.07, 6.45) is -4.63. The Kier molecular flexibility index (Phi) is 9.02. The quantitative estimate of drug-likeness (QED) is 0.310. The van der Waals surface area contributed by atoms with Crippen LogP contribution < -0.4 is 5.32 Å². The third kappa shape index (κ3) is 5.47. The molecule has 192 valence electrons. The molecule has 0 spiro atoms. The lowest BCUT2D eigenvalue weighted by molar-refractivity contribution is -0.165. The molecule has 35 heavy (non-hydrogen) atoms. The molecule has 0 radical (unpaired) electrons. The second-order valence-corrected chi connectivity index (χ2v) is 7.12. The average molecular weight is 501 g/mol. The smallest absolute Gasteiger partial charge is 0.416 e. The van der Waals surface area contributed by atoms with Crippen LogP contribution in [0.2, 0.25) is 0 Å². The van der Waals surface area contributed by atoms with Crippen molar-refractivity contribution in [3.8, 4) is 0 Å². The molecule has 1 N–H and O–H groups in total. The van der Waals surface area contributed by atoms with E-state index in [4.69, 9.17) is 18.9 Å². The molecule has 1 aromatic carbocycles. The van der Waals surface area contributed by atoms with Crippen molar-refractivity contribution in [2.24, 2.45) is 0 Å². The first-order valence-electron chi connectivity index (χ1n) is 10.9. The SMILES string of the molecule is CCOC(=O)C1=C(C(=O)OCC)C(C(=O)OCC)(C(=O)OCC)NC1c1ccc(C(F)(F)F)cc1. The van der Waals surface area contributed by atoms with Gasteiger partial charge in [-0.25, -0.2) is 19.2 Å². The molecule has 0 amide bonds. The topological polar surface area (TPSA) is 117 Å². The maximum absolute atomic E-state index is 13.2. The number of hydrogen-bond donors (Lipinski definition) is 1. The average Bonchev–Trinajstić information content (AvgIpc) is 3.17. The van der Waals surface area contributed by atoms with E-state index in [1.165, 1.54) is 27.7 Å². The van der Waals surface area contributed by atoms with Crippen LogP contribution in [-0.4, -0.2) is 55.8 Å². The minimum absolute atomic E-state index is 0.0401. The zero-order chi connectivity index (χ0) is 26.4. The van der Waals surface area contributed by atoms with E-state index in [0.29, 0.717) is 0 Å². The molecule has 12 heteroatoms. The van der Waals surface area contributed by atoms with Gasteiger partial charge in [0.05, 0.1) is 49.2 Å². The Balaban J connectivity index is 2.86. The van der Waals surface area contributed by atoms with Gasteiger partial charge in [-0.05, 0) is 45.4 Å². The summed E-state index contributed by atoms with van der Waals surface area (Å²) in [6.45, 7) is 5.17. The van der Waals surface area contributed by atoms with Crippen LogP contribution in [0.15, 0.2) is 35.4 Å². The van der Waals surface area contributed by atoms with E-state index in [0.717, 1.165) is 24.3 Å². The van der Waals surface area contributed by atoms with Gasteiger partial charge in [-0.3, -0.25) is 5.32 Å². The van der Waals surface area contributed by atoms with Crippen molar-refractivity contribution in [1.29, 1.82) is 0 Å². The summed E-state index contributed by atoms with van der Waals surface area (Å²) in [5.41, 5.74) is -4.74. The molecule has 1 aliphatic heterocycles. The number of benzene rings is 1. The normalized spacial score (nSPS) is 17.1. The number of nitrogens with one attached hydrogen (secondary N) is 1. The highest BCUT2D eigenvalue weighted by Gasteiger charge is 2.63. The van der Waals surface area contributed by atoms with E-state index >= 15 is 0 Å². The van der Waals surface area contributed by atoms with Crippen molar-refractivity contribution < 1.29 is 51.3 Å². The van der Waals surface area contributed by atoms with Crippen LogP contribution in [0.5, 0.6) is 0 Å². The van der Waals surface area contributed by atoms with Gasteiger partial charge in [0.15, 0.2) is 0 Å². The zero-order valence-corrected chi connectivity index (χ0v) is 19.6. The predicted molar refractivity (Wildman–Crippen MR) is 114 cm³/mol.